The number of rotatable bonds is 5. The Morgan fingerprint density at radius 1 is 1.30 bits per heavy atom. The fourth-order valence-electron chi connectivity index (χ4n) is 2.01. The minimum atomic E-state index is 0.847. The van der Waals surface area contributed by atoms with Crippen molar-refractivity contribution in [2.45, 2.75) is 13.1 Å². The van der Waals surface area contributed by atoms with Crippen LogP contribution in [0, 0.1) is 0 Å². The molecule has 2 aromatic heterocycles. The van der Waals surface area contributed by atoms with E-state index in [0.717, 1.165) is 23.2 Å². The average Bonchev–Trinajstić information content (AvgIpc) is 3.09. The zero-order chi connectivity index (χ0) is 13.8. The van der Waals surface area contributed by atoms with Crippen LogP contribution in [0.5, 0.6) is 0 Å². The van der Waals surface area contributed by atoms with Crippen molar-refractivity contribution in [1.82, 2.24) is 9.55 Å². The van der Waals surface area contributed by atoms with Crippen molar-refractivity contribution in [3.05, 3.63) is 69.3 Å². The Kier molecular flexibility index (Phi) is 4.18. The Morgan fingerprint density at radius 2 is 2.25 bits per heavy atom. The molecule has 5 heteroatoms. The van der Waals surface area contributed by atoms with E-state index in [0.29, 0.717) is 0 Å². The van der Waals surface area contributed by atoms with E-state index in [9.17, 15) is 0 Å². The summed E-state index contributed by atoms with van der Waals surface area (Å²) in [5, 5.41) is 5.56. The number of imidazole rings is 1. The van der Waals surface area contributed by atoms with Crippen LogP contribution in [0.4, 0.5) is 5.69 Å². The fraction of sp³-hybridized carbons (Fsp3) is 0.133. The highest BCUT2D eigenvalue weighted by Gasteiger charge is 2.00. The van der Waals surface area contributed by atoms with Crippen LogP contribution in [0.1, 0.15) is 10.4 Å². The Hall–Kier alpha value is -1.59. The molecule has 0 aliphatic rings. The molecule has 3 rings (SSSR count). The van der Waals surface area contributed by atoms with Crippen LogP contribution in [-0.4, -0.2) is 9.55 Å². The van der Waals surface area contributed by atoms with Crippen molar-refractivity contribution >= 4 is 33.0 Å². The molecule has 1 aromatic carbocycles. The number of nitrogens with zero attached hydrogens (tertiary/aromatic N) is 2. The third-order valence-corrected chi connectivity index (χ3v) is 4.64. The van der Waals surface area contributed by atoms with Gasteiger partial charge in [-0.25, -0.2) is 4.98 Å². The van der Waals surface area contributed by atoms with Crippen LogP contribution >= 0.6 is 27.3 Å². The predicted octanol–water partition coefficient (Wildman–Crippen LogP) is 4.37. The summed E-state index contributed by atoms with van der Waals surface area (Å²) in [4.78, 5) is 5.38. The molecule has 0 radical (unpaired) electrons. The average molecular weight is 348 g/mol. The summed E-state index contributed by atoms with van der Waals surface area (Å²) < 4.78 is 3.21. The molecule has 0 atom stereocenters. The zero-order valence-corrected chi connectivity index (χ0v) is 13.2. The van der Waals surface area contributed by atoms with E-state index < -0.39 is 0 Å². The van der Waals surface area contributed by atoms with Gasteiger partial charge in [0, 0.05) is 45.9 Å². The molecule has 2 heterocycles. The summed E-state index contributed by atoms with van der Waals surface area (Å²) >= 11 is 5.23. The van der Waals surface area contributed by atoms with Crippen LogP contribution in [0.25, 0.3) is 0 Å². The van der Waals surface area contributed by atoms with Gasteiger partial charge in [0.05, 0.1) is 6.33 Å². The number of benzene rings is 1. The van der Waals surface area contributed by atoms with Gasteiger partial charge in [-0.05, 0) is 39.7 Å². The van der Waals surface area contributed by atoms with Crippen molar-refractivity contribution in [3.63, 3.8) is 0 Å². The first-order chi connectivity index (χ1) is 9.79. The van der Waals surface area contributed by atoms with Gasteiger partial charge in [0.15, 0.2) is 0 Å². The van der Waals surface area contributed by atoms with Crippen LogP contribution in [0.3, 0.4) is 0 Å². The number of aromatic nitrogens is 2. The maximum Gasteiger partial charge on any atom is 0.0949 e. The van der Waals surface area contributed by atoms with Gasteiger partial charge in [0.2, 0.25) is 0 Å². The zero-order valence-electron chi connectivity index (χ0n) is 10.8. The highest BCUT2D eigenvalue weighted by molar-refractivity contribution is 9.10. The highest BCUT2D eigenvalue weighted by atomic mass is 79.9. The minimum Gasteiger partial charge on any atom is -0.380 e. The van der Waals surface area contributed by atoms with Crippen molar-refractivity contribution in [2.75, 3.05) is 5.32 Å². The van der Waals surface area contributed by atoms with E-state index in [-0.39, 0.29) is 0 Å². The molecular formula is C15H14BrN3S. The fourth-order valence-corrected chi connectivity index (χ4v) is 3.40. The third kappa shape index (κ3) is 3.49. The maximum absolute atomic E-state index is 4.06. The lowest BCUT2D eigenvalue weighted by Crippen LogP contribution is -2.00. The van der Waals surface area contributed by atoms with Gasteiger partial charge in [0.1, 0.15) is 0 Å². The molecule has 0 saturated carbocycles. The molecule has 0 amide bonds. The molecule has 0 aliphatic heterocycles. The number of hydrogen-bond donors (Lipinski definition) is 1. The van der Waals surface area contributed by atoms with Crippen LogP contribution < -0.4 is 5.32 Å². The lowest BCUT2D eigenvalue weighted by atomic mass is 10.2. The molecule has 3 nitrogen and oxygen atoms in total. The molecule has 0 unspecified atom stereocenters. The Bertz CT molecular complexity index is 676. The van der Waals surface area contributed by atoms with E-state index in [2.05, 4.69) is 66.5 Å². The van der Waals surface area contributed by atoms with Gasteiger partial charge in [-0.1, -0.05) is 12.1 Å². The van der Waals surface area contributed by atoms with Crippen LogP contribution in [-0.2, 0) is 13.1 Å². The van der Waals surface area contributed by atoms with Crippen LogP contribution in [0.15, 0.2) is 58.9 Å². The van der Waals surface area contributed by atoms with Crippen molar-refractivity contribution in [1.29, 1.82) is 0 Å². The monoisotopic (exact) mass is 347 g/mol. The van der Waals surface area contributed by atoms with Crippen molar-refractivity contribution < 1.29 is 0 Å². The number of anilines is 1. The standard InChI is InChI=1S/C15H14BrN3S/c16-13-7-15(20-10-13)8-18-14-3-1-2-12(6-14)9-19-5-4-17-11-19/h1-7,10-11,18H,8-9H2. The molecule has 0 aliphatic carbocycles. The van der Waals surface area contributed by atoms with E-state index in [4.69, 9.17) is 0 Å². The summed E-state index contributed by atoms with van der Waals surface area (Å²) in [6.45, 7) is 1.70. The largest absolute Gasteiger partial charge is 0.380 e. The Labute approximate surface area is 130 Å². The molecule has 0 saturated heterocycles. The maximum atomic E-state index is 4.06. The lowest BCUT2D eigenvalue weighted by Gasteiger charge is -2.08. The van der Waals surface area contributed by atoms with Gasteiger partial charge >= 0.3 is 0 Å². The first-order valence-corrected chi connectivity index (χ1v) is 7.98. The third-order valence-electron chi connectivity index (χ3n) is 2.94. The lowest BCUT2D eigenvalue weighted by molar-refractivity contribution is 0.797. The van der Waals surface area contributed by atoms with Gasteiger partial charge in [-0.3, -0.25) is 0 Å². The summed E-state index contributed by atoms with van der Waals surface area (Å²) in [7, 11) is 0. The van der Waals surface area contributed by atoms with Crippen molar-refractivity contribution in [2.24, 2.45) is 0 Å². The van der Waals surface area contributed by atoms with Gasteiger partial charge in [0.25, 0.3) is 0 Å². The smallest absolute Gasteiger partial charge is 0.0949 e. The van der Waals surface area contributed by atoms with E-state index in [1.807, 2.05) is 12.5 Å². The second kappa shape index (κ2) is 6.24. The topological polar surface area (TPSA) is 29.9 Å². The first-order valence-electron chi connectivity index (χ1n) is 6.31. The van der Waals surface area contributed by atoms with E-state index >= 15 is 0 Å². The van der Waals surface area contributed by atoms with Gasteiger partial charge in [-0.15, -0.1) is 11.3 Å². The molecule has 102 valence electrons. The first kappa shape index (κ1) is 13.4. The number of thiophene rings is 1. The number of nitrogens with one attached hydrogen (secondary N) is 1. The highest BCUT2D eigenvalue weighted by Crippen LogP contribution is 2.21. The number of hydrogen-bond acceptors (Lipinski definition) is 3. The summed E-state index contributed by atoms with van der Waals surface area (Å²) in [6, 6.07) is 10.6. The second-order valence-corrected chi connectivity index (χ2v) is 6.43. The SMILES string of the molecule is Brc1csc(CNc2cccc(Cn3ccnc3)c2)c1. The molecule has 1 N–H and O–H groups in total. The molecular weight excluding hydrogens is 334 g/mol. The molecule has 0 spiro atoms. The molecule has 0 bridgehead atoms. The Balaban J connectivity index is 1.65. The molecule has 0 fully saturated rings. The minimum absolute atomic E-state index is 0.847. The number of halogens is 1. The quantitative estimate of drug-likeness (QED) is 0.742. The van der Waals surface area contributed by atoms with Crippen molar-refractivity contribution in [3.8, 4) is 0 Å². The molecule has 3 aromatic rings. The van der Waals surface area contributed by atoms with Gasteiger partial charge in [-0.2, -0.15) is 0 Å². The summed E-state index contributed by atoms with van der Waals surface area (Å²) in [5.41, 5.74) is 2.41. The molecule has 20 heavy (non-hydrogen) atoms. The van der Waals surface area contributed by atoms with Gasteiger partial charge < -0.3 is 9.88 Å². The normalized spacial score (nSPS) is 10.7. The summed E-state index contributed by atoms with van der Waals surface area (Å²) in [6.07, 6.45) is 5.61. The summed E-state index contributed by atoms with van der Waals surface area (Å²) in [5.74, 6) is 0. The predicted molar refractivity (Wildman–Crippen MR) is 87.1 cm³/mol. The van der Waals surface area contributed by atoms with E-state index in [1.165, 1.54) is 10.4 Å². The van der Waals surface area contributed by atoms with E-state index in [1.54, 1.807) is 17.5 Å². The second-order valence-electron chi connectivity index (χ2n) is 4.52. The Morgan fingerprint density at radius 3 is 3.00 bits per heavy atom. The van der Waals surface area contributed by atoms with Crippen LogP contribution in [0.2, 0.25) is 0 Å².